The Morgan fingerprint density at radius 3 is 2.59 bits per heavy atom. The smallest absolute Gasteiger partial charge is 0.343 e. The number of imidazole rings is 1. The molecule has 4 aromatic rings. The van der Waals surface area contributed by atoms with Crippen LogP contribution in [-0.2, 0) is 22.0 Å². The highest BCUT2D eigenvalue weighted by molar-refractivity contribution is 7.90. The molecule has 0 unspecified atom stereocenters. The lowest BCUT2D eigenvalue weighted by molar-refractivity contribution is 0.458. The van der Waals surface area contributed by atoms with Crippen molar-refractivity contribution in [1.29, 1.82) is 0 Å². The summed E-state index contributed by atoms with van der Waals surface area (Å²) in [7, 11) is -3.60. The normalized spacial score (nSPS) is 14.2. The number of benzene rings is 2. The minimum absolute atomic E-state index is 0.0926. The van der Waals surface area contributed by atoms with Crippen LogP contribution >= 0.6 is 0 Å². The first-order chi connectivity index (χ1) is 15.3. The average molecular weight is 451 g/mol. The van der Waals surface area contributed by atoms with Crippen LogP contribution in [0.1, 0.15) is 46.8 Å². The van der Waals surface area contributed by atoms with Crippen LogP contribution < -0.4 is 5.63 Å². The molecule has 2 N–H and O–H groups in total. The van der Waals surface area contributed by atoms with Crippen LogP contribution in [0.15, 0.2) is 62.9 Å². The van der Waals surface area contributed by atoms with Crippen molar-refractivity contribution in [2.75, 3.05) is 0 Å². The van der Waals surface area contributed by atoms with Gasteiger partial charge in [0.05, 0.1) is 22.9 Å². The van der Waals surface area contributed by atoms with Gasteiger partial charge in [-0.15, -0.1) is 0 Å². The van der Waals surface area contributed by atoms with Gasteiger partial charge in [-0.2, -0.15) is 0 Å². The average Bonchev–Trinajstić information content (AvgIpc) is 3.49. The summed E-state index contributed by atoms with van der Waals surface area (Å²) in [5, 5.41) is 11.3. The number of rotatable bonds is 6. The van der Waals surface area contributed by atoms with Crippen LogP contribution in [0.2, 0.25) is 0 Å². The number of H-pyrrole nitrogens is 1. The first kappa shape index (κ1) is 20.5. The van der Waals surface area contributed by atoms with E-state index >= 15 is 0 Å². The number of fused-ring (bicyclic) bond motifs is 1. The summed E-state index contributed by atoms with van der Waals surface area (Å²) in [5.41, 5.74) is 2.40. The van der Waals surface area contributed by atoms with Crippen molar-refractivity contribution >= 4 is 20.8 Å². The van der Waals surface area contributed by atoms with E-state index in [9.17, 15) is 18.3 Å². The summed E-state index contributed by atoms with van der Waals surface area (Å²) in [6, 6.07) is 12.3. The standard InChI is InChI=1S/C24H22N2O5S/c1-14-25-12-21(26-14)32(29,30)13-17-6-4-5-16(22(17)15-9-10-15)11-19-23(27)18-7-2-3-8-20(18)31-24(19)28/h2-8,12,15,27H,9-11,13H2,1H3,(H,25,26). The molecule has 7 nitrogen and oxygen atoms in total. The third-order valence-corrected chi connectivity index (χ3v) is 7.45. The number of hydrogen-bond acceptors (Lipinski definition) is 6. The zero-order valence-electron chi connectivity index (χ0n) is 17.5. The van der Waals surface area contributed by atoms with Gasteiger partial charge in [-0.1, -0.05) is 30.3 Å². The lowest BCUT2D eigenvalue weighted by Crippen LogP contribution is -2.12. The molecule has 0 saturated heterocycles. The SMILES string of the molecule is Cc1ncc(S(=O)(=O)Cc2cccc(Cc3c(O)c4ccccc4oc3=O)c2C2CC2)[nH]1. The van der Waals surface area contributed by atoms with Crippen LogP contribution in [0.4, 0.5) is 0 Å². The summed E-state index contributed by atoms with van der Waals surface area (Å²) >= 11 is 0. The molecular weight excluding hydrogens is 428 g/mol. The number of sulfone groups is 1. The Labute approximate surface area is 184 Å². The fraction of sp³-hybridized carbons (Fsp3) is 0.250. The molecule has 0 spiro atoms. The Balaban J connectivity index is 1.57. The van der Waals surface area contributed by atoms with E-state index in [-0.39, 0.29) is 34.4 Å². The number of nitrogens with one attached hydrogen (secondary N) is 1. The number of aromatic nitrogens is 2. The molecule has 1 saturated carbocycles. The Hall–Kier alpha value is -3.39. The maximum Gasteiger partial charge on any atom is 0.343 e. The van der Waals surface area contributed by atoms with E-state index < -0.39 is 15.5 Å². The van der Waals surface area contributed by atoms with E-state index in [0.717, 1.165) is 24.0 Å². The molecule has 2 aromatic heterocycles. The zero-order valence-corrected chi connectivity index (χ0v) is 18.3. The van der Waals surface area contributed by atoms with Crippen molar-refractivity contribution in [2.24, 2.45) is 0 Å². The first-order valence-corrected chi connectivity index (χ1v) is 12.1. The topological polar surface area (TPSA) is 113 Å². The predicted molar refractivity (Wildman–Crippen MR) is 120 cm³/mol. The molecule has 0 aliphatic heterocycles. The number of para-hydroxylation sites is 1. The predicted octanol–water partition coefficient (Wildman–Crippen LogP) is 3.97. The molecule has 0 atom stereocenters. The Morgan fingerprint density at radius 1 is 1.12 bits per heavy atom. The lowest BCUT2D eigenvalue weighted by Gasteiger charge is -2.15. The fourth-order valence-electron chi connectivity index (χ4n) is 4.20. The monoisotopic (exact) mass is 450 g/mol. The lowest BCUT2D eigenvalue weighted by atomic mass is 9.93. The van der Waals surface area contributed by atoms with Crippen molar-refractivity contribution in [1.82, 2.24) is 9.97 Å². The number of aromatic hydroxyl groups is 1. The molecular formula is C24H22N2O5S. The second-order valence-electron chi connectivity index (χ2n) is 8.25. The molecule has 0 amide bonds. The quantitative estimate of drug-likeness (QED) is 0.430. The van der Waals surface area contributed by atoms with Crippen molar-refractivity contribution in [3.05, 3.63) is 87.2 Å². The summed E-state index contributed by atoms with van der Waals surface area (Å²) in [6.07, 6.45) is 3.43. The van der Waals surface area contributed by atoms with Crippen molar-refractivity contribution in [3.8, 4) is 5.75 Å². The van der Waals surface area contributed by atoms with Crippen LogP contribution in [0.5, 0.6) is 5.75 Å². The Bertz CT molecular complexity index is 1500. The van der Waals surface area contributed by atoms with E-state index in [1.54, 1.807) is 37.3 Å². The van der Waals surface area contributed by atoms with E-state index in [4.69, 9.17) is 4.42 Å². The van der Waals surface area contributed by atoms with Crippen LogP contribution in [0.25, 0.3) is 11.0 Å². The van der Waals surface area contributed by atoms with Gasteiger partial charge >= 0.3 is 5.63 Å². The van der Waals surface area contributed by atoms with Gasteiger partial charge in [0.25, 0.3) is 0 Å². The second kappa shape index (κ2) is 7.63. The van der Waals surface area contributed by atoms with Crippen molar-refractivity contribution < 1.29 is 17.9 Å². The molecule has 1 fully saturated rings. The zero-order chi connectivity index (χ0) is 22.5. The van der Waals surface area contributed by atoms with Gasteiger partial charge in [0.1, 0.15) is 17.2 Å². The van der Waals surface area contributed by atoms with Gasteiger partial charge < -0.3 is 14.5 Å². The molecule has 0 radical (unpaired) electrons. The molecule has 2 heterocycles. The maximum atomic E-state index is 13.0. The molecule has 8 heteroatoms. The Kier molecular flexibility index (Phi) is 4.89. The minimum atomic E-state index is -3.60. The van der Waals surface area contributed by atoms with Gasteiger partial charge in [-0.3, -0.25) is 0 Å². The van der Waals surface area contributed by atoms with E-state index in [1.165, 1.54) is 6.20 Å². The van der Waals surface area contributed by atoms with Gasteiger partial charge in [0, 0.05) is 6.42 Å². The number of aryl methyl sites for hydroxylation is 1. The van der Waals surface area contributed by atoms with E-state index in [0.29, 0.717) is 22.4 Å². The van der Waals surface area contributed by atoms with Gasteiger partial charge in [0.2, 0.25) is 0 Å². The number of nitrogens with zero attached hydrogens (tertiary/aromatic N) is 1. The summed E-state index contributed by atoms with van der Waals surface area (Å²) in [5.74, 6) is 0.532. The third kappa shape index (κ3) is 3.71. The highest BCUT2D eigenvalue weighted by atomic mass is 32.2. The van der Waals surface area contributed by atoms with Crippen molar-refractivity contribution in [3.63, 3.8) is 0 Å². The molecule has 2 aromatic carbocycles. The molecule has 1 aliphatic carbocycles. The molecule has 1 aliphatic rings. The number of aromatic amines is 1. The van der Waals surface area contributed by atoms with E-state index in [1.807, 2.05) is 12.1 Å². The minimum Gasteiger partial charge on any atom is -0.507 e. The van der Waals surface area contributed by atoms with Gasteiger partial charge in [0.15, 0.2) is 14.9 Å². The summed E-state index contributed by atoms with van der Waals surface area (Å²) < 4.78 is 31.3. The summed E-state index contributed by atoms with van der Waals surface area (Å²) in [6.45, 7) is 1.71. The molecule has 5 rings (SSSR count). The Morgan fingerprint density at radius 2 is 1.88 bits per heavy atom. The van der Waals surface area contributed by atoms with Crippen LogP contribution in [-0.4, -0.2) is 23.5 Å². The van der Waals surface area contributed by atoms with Gasteiger partial charge in [-0.05, 0) is 54.5 Å². The maximum absolute atomic E-state index is 13.0. The fourth-order valence-corrected chi connectivity index (χ4v) is 5.53. The largest absolute Gasteiger partial charge is 0.507 e. The molecule has 164 valence electrons. The first-order valence-electron chi connectivity index (χ1n) is 10.4. The van der Waals surface area contributed by atoms with Crippen molar-refractivity contribution in [2.45, 2.75) is 42.9 Å². The third-order valence-electron chi connectivity index (χ3n) is 5.88. The molecule has 0 bridgehead atoms. The van der Waals surface area contributed by atoms with E-state index in [2.05, 4.69) is 9.97 Å². The highest BCUT2D eigenvalue weighted by Gasteiger charge is 2.31. The van der Waals surface area contributed by atoms with Crippen LogP contribution in [0, 0.1) is 6.92 Å². The highest BCUT2D eigenvalue weighted by Crippen LogP contribution is 2.45. The van der Waals surface area contributed by atoms with Crippen LogP contribution in [0.3, 0.4) is 0 Å². The summed E-state index contributed by atoms with van der Waals surface area (Å²) in [4.78, 5) is 19.4. The molecule has 32 heavy (non-hydrogen) atoms. The second-order valence-corrected chi connectivity index (χ2v) is 10.2. The number of hydrogen-bond donors (Lipinski definition) is 2. The van der Waals surface area contributed by atoms with Gasteiger partial charge in [-0.25, -0.2) is 18.2 Å².